The molecule has 1 aromatic carbocycles. The van der Waals surface area contributed by atoms with Crippen molar-refractivity contribution in [3.8, 4) is 17.1 Å². The van der Waals surface area contributed by atoms with Crippen LogP contribution in [0.1, 0.15) is 31.6 Å². The first-order chi connectivity index (χ1) is 13.6. The van der Waals surface area contributed by atoms with E-state index in [9.17, 15) is 4.79 Å². The highest BCUT2D eigenvalue weighted by Crippen LogP contribution is 2.29. The summed E-state index contributed by atoms with van der Waals surface area (Å²) < 4.78 is 10.6. The number of methoxy groups -OCH3 is 1. The van der Waals surface area contributed by atoms with Crippen molar-refractivity contribution in [2.45, 2.75) is 37.8 Å². The van der Waals surface area contributed by atoms with Crippen LogP contribution in [0.2, 0.25) is 0 Å². The van der Waals surface area contributed by atoms with Gasteiger partial charge in [-0.3, -0.25) is 9.69 Å². The van der Waals surface area contributed by atoms with E-state index in [0.29, 0.717) is 31.3 Å². The maximum absolute atomic E-state index is 12.7. The van der Waals surface area contributed by atoms with E-state index in [1.165, 1.54) is 0 Å². The number of rotatable bonds is 5. The first-order valence-electron chi connectivity index (χ1n) is 9.85. The average molecular weight is 385 g/mol. The molecule has 28 heavy (non-hydrogen) atoms. The van der Waals surface area contributed by atoms with Gasteiger partial charge in [0.1, 0.15) is 5.75 Å². The van der Waals surface area contributed by atoms with Crippen LogP contribution in [0.25, 0.3) is 11.4 Å². The van der Waals surface area contributed by atoms with Gasteiger partial charge in [0.05, 0.1) is 19.2 Å². The van der Waals surface area contributed by atoms with E-state index >= 15 is 0 Å². The maximum Gasteiger partial charge on any atom is 0.242 e. The Balaban J connectivity index is 1.31. The van der Waals surface area contributed by atoms with Crippen LogP contribution >= 0.6 is 0 Å². The van der Waals surface area contributed by atoms with Crippen LogP contribution in [-0.4, -0.2) is 64.7 Å². The molecule has 4 rings (SSSR count). The van der Waals surface area contributed by atoms with Crippen molar-refractivity contribution in [2.24, 2.45) is 5.73 Å². The van der Waals surface area contributed by atoms with E-state index in [0.717, 1.165) is 50.1 Å². The van der Waals surface area contributed by atoms with Crippen molar-refractivity contribution >= 4 is 5.91 Å². The van der Waals surface area contributed by atoms with E-state index in [1.807, 2.05) is 29.2 Å². The third-order valence-corrected chi connectivity index (χ3v) is 5.76. The quantitative estimate of drug-likeness (QED) is 0.836. The zero-order valence-electron chi connectivity index (χ0n) is 16.3. The van der Waals surface area contributed by atoms with Crippen molar-refractivity contribution in [1.29, 1.82) is 0 Å². The fourth-order valence-corrected chi connectivity index (χ4v) is 4.01. The van der Waals surface area contributed by atoms with Crippen LogP contribution < -0.4 is 10.5 Å². The topological polar surface area (TPSA) is 97.7 Å². The Morgan fingerprint density at radius 2 is 1.86 bits per heavy atom. The number of hydrogen-bond acceptors (Lipinski definition) is 7. The second kappa shape index (κ2) is 7.89. The average Bonchev–Trinajstić information content (AvgIpc) is 3.38. The normalized spacial score (nSPS) is 19.7. The van der Waals surface area contributed by atoms with E-state index in [1.54, 1.807) is 7.11 Å². The molecule has 0 radical (unpaired) electrons. The summed E-state index contributed by atoms with van der Waals surface area (Å²) in [6, 6.07) is 7.55. The molecule has 2 heterocycles. The molecule has 2 aliphatic rings. The molecule has 0 bridgehead atoms. The van der Waals surface area contributed by atoms with Gasteiger partial charge in [-0.05, 0) is 37.1 Å². The van der Waals surface area contributed by atoms with Crippen molar-refractivity contribution in [3.63, 3.8) is 0 Å². The summed E-state index contributed by atoms with van der Waals surface area (Å²) >= 11 is 0. The van der Waals surface area contributed by atoms with Crippen molar-refractivity contribution in [3.05, 3.63) is 30.2 Å². The molecule has 8 heteroatoms. The Labute approximate surface area is 164 Å². The lowest BCUT2D eigenvalue weighted by Crippen LogP contribution is -2.58. The number of benzene rings is 1. The number of nitrogens with two attached hydrogens (primary N) is 1. The second-order valence-electron chi connectivity index (χ2n) is 7.67. The minimum Gasteiger partial charge on any atom is -0.497 e. The lowest BCUT2D eigenvalue weighted by Gasteiger charge is -2.38. The molecule has 2 aromatic rings. The number of amides is 1. The Hall–Kier alpha value is -2.45. The SMILES string of the molecule is COc1ccc(-c2noc(CN3CCN(C(=O)C4(N)CCCC4)CC3)n2)cc1. The van der Waals surface area contributed by atoms with Gasteiger partial charge in [0.25, 0.3) is 0 Å². The lowest BCUT2D eigenvalue weighted by atomic mass is 9.97. The Kier molecular flexibility index (Phi) is 5.32. The maximum atomic E-state index is 12.7. The molecule has 0 atom stereocenters. The van der Waals surface area contributed by atoms with E-state index < -0.39 is 5.54 Å². The highest BCUT2D eigenvalue weighted by molar-refractivity contribution is 5.86. The monoisotopic (exact) mass is 385 g/mol. The summed E-state index contributed by atoms with van der Waals surface area (Å²) in [5.74, 6) is 2.05. The molecule has 1 aromatic heterocycles. The molecule has 1 amide bonds. The number of aromatic nitrogens is 2. The third-order valence-electron chi connectivity index (χ3n) is 5.76. The van der Waals surface area contributed by atoms with Gasteiger partial charge >= 0.3 is 0 Å². The zero-order valence-corrected chi connectivity index (χ0v) is 16.3. The van der Waals surface area contributed by atoms with Crippen LogP contribution in [0.3, 0.4) is 0 Å². The first kappa shape index (κ1) is 18.9. The summed E-state index contributed by atoms with van der Waals surface area (Å²) in [6.07, 6.45) is 3.72. The Morgan fingerprint density at radius 3 is 2.50 bits per heavy atom. The van der Waals surface area contributed by atoms with Crippen molar-refractivity contribution < 1.29 is 14.1 Å². The lowest BCUT2D eigenvalue weighted by molar-refractivity contribution is -0.138. The number of hydrogen-bond donors (Lipinski definition) is 1. The van der Waals surface area contributed by atoms with Gasteiger partial charge in [-0.1, -0.05) is 18.0 Å². The predicted molar refractivity (Wildman–Crippen MR) is 104 cm³/mol. The molecule has 2 fully saturated rings. The smallest absolute Gasteiger partial charge is 0.242 e. The minimum absolute atomic E-state index is 0.115. The third kappa shape index (κ3) is 3.88. The Morgan fingerprint density at radius 1 is 1.18 bits per heavy atom. The summed E-state index contributed by atoms with van der Waals surface area (Å²) in [7, 11) is 1.63. The zero-order chi connectivity index (χ0) is 19.6. The molecule has 1 saturated heterocycles. The van der Waals surface area contributed by atoms with Crippen LogP contribution in [0.15, 0.2) is 28.8 Å². The van der Waals surface area contributed by atoms with E-state index in [4.69, 9.17) is 15.0 Å². The van der Waals surface area contributed by atoms with Crippen LogP contribution in [0, 0.1) is 0 Å². The minimum atomic E-state index is -0.637. The summed E-state index contributed by atoms with van der Waals surface area (Å²) in [6.45, 7) is 3.53. The second-order valence-corrected chi connectivity index (χ2v) is 7.67. The molecule has 8 nitrogen and oxygen atoms in total. The highest BCUT2D eigenvalue weighted by atomic mass is 16.5. The van der Waals surface area contributed by atoms with Crippen LogP contribution in [0.4, 0.5) is 0 Å². The largest absolute Gasteiger partial charge is 0.497 e. The van der Waals surface area contributed by atoms with Gasteiger partial charge in [0.15, 0.2) is 0 Å². The fourth-order valence-electron chi connectivity index (χ4n) is 4.01. The van der Waals surface area contributed by atoms with Gasteiger partial charge in [-0.15, -0.1) is 0 Å². The highest BCUT2D eigenvalue weighted by Gasteiger charge is 2.40. The number of ether oxygens (including phenoxy) is 1. The first-order valence-corrected chi connectivity index (χ1v) is 9.85. The molecular formula is C20H27N5O3. The molecule has 2 N–H and O–H groups in total. The molecular weight excluding hydrogens is 358 g/mol. The van der Waals surface area contributed by atoms with Crippen molar-refractivity contribution in [1.82, 2.24) is 19.9 Å². The molecule has 150 valence electrons. The summed E-state index contributed by atoms with van der Waals surface area (Å²) in [5.41, 5.74) is 6.57. The number of nitrogens with zero attached hydrogens (tertiary/aromatic N) is 4. The van der Waals surface area contributed by atoms with Gasteiger partial charge in [0, 0.05) is 31.7 Å². The number of carbonyl (C=O) groups is 1. The van der Waals surface area contributed by atoms with E-state index in [2.05, 4.69) is 15.0 Å². The van der Waals surface area contributed by atoms with Gasteiger partial charge in [0.2, 0.25) is 17.6 Å². The van der Waals surface area contributed by atoms with Gasteiger partial charge < -0.3 is 19.9 Å². The molecule has 0 spiro atoms. The van der Waals surface area contributed by atoms with Crippen LogP contribution in [-0.2, 0) is 11.3 Å². The molecule has 1 saturated carbocycles. The van der Waals surface area contributed by atoms with Crippen LogP contribution in [0.5, 0.6) is 5.75 Å². The standard InChI is InChI=1S/C20H27N5O3/c1-27-16-6-4-15(5-7-16)18-22-17(28-23-18)14-24-10-12-25(13-11-24)19(26)20(21)8-2-3-9-20/h4-7H,2-3,8-14,21H2,1H3. The molecule has 0 unspecified atom stereocenters. The number of carbonyl (C=O) groups excluding carboxylic acids is 1. The summed E-state index contributed by atoms with van der Waals surface area (Å²) in [5, 5.41) is 4.08. The van der Waals surface area contributed by atoms with E-state index in [-0.39, 0.29) is 5.91 Å². The van der Waals surface area contributed by atoms with Gasteiger partial charge in [-0.2, -0.15) is 4.98 Å². The van der Waals surface area contributed by atoms with Crippen molar-refractivity contribution in [2.75, 3.05) is 33.3 Å². The fraction of sp³-hybridized carbons (Fsp3) is 0.550. The molecule has 1 aliphatic heterocycles. The number of piperazine rings is 1. The predicted octanol–water partition coefficient (Wildman–Crippen LogP) is 1.66. The Bertz CT molecular complexity index is 806. The summed E-state index contributed by atoms with van der Waals surface area (Å²) in [4.78, 5) is 21.4. The van der Waals surface area contributed by atoms with Gasteiger partial charge in [-0.25, -0.2) is 0 Å². The molecule has 1 aliphatic carbocycles.